The van der Waals surface area contributed by atoms with E-state index in [0.29, 0.717) is 5.33 Å². The largest absolute Gasteiger partial charge is 0.465 e. The van der Waals surface area contributed by atoms with Crippen molar-refractivity contribution in [2.45, 2.75) is 25.6 Å². The van der Waals surface area contributed by atoms with E-state index in [0.717, 1.165) is 13.2 Å². The van der Waals surface area contributed by atoms with Crippen LogP contribution in [0.15, 0.2) is 12.1 Å². The lowest BCUT2D eigenvalue weighted by molar-refractivity contribution is -0.385. The van der Waals surface area contributed by atoms with Crippen LogP contribution in [0.3, 0.4) is 0 Å². The van der Waals surface area contributed by atoms with Crippen molar-refractivity contribution in [1.82, 2.24) is 0 Å². The molecule has 0 bridgehead atoms. The summed E-state index contributed by atoms with van der Waals surface area (Å²) in [6.45, 7) is 1.43. The summed E-state index contributed by atoms with van der Waals surface area (Å²) in [5.41, 5.74) is -0.0660. The second-order valence-electron chi connectivity index (χ2n) is 4.45. The third-order valence-corrected chi connectivity index (χ3v) is 3.57. The van der Waals surface area contributed by atoms with Gasteiger partial charge in [0.15, 0.2) is 0 Å². The Morgan fingerprint density at radius 1 is 1.48 bits per heavy atom. The van der Waals surface area contributed by atoms with E-state index >= 15 is 0 Å². The summed E-state index contributed by atoms with van der Waals surface area (Å²) in [4.78, 5) is 22.1. The maximum Gasteiger partial charge on any atom is 0.338 e. The number of nitrogens with zero attached hydrogens (tertiary/aromatic N) is 1. The minimum Gasteiger partial charge on any atom is -0.465 e. The normalized spacial score (nSPS) is 13.6. The van der Waals surface area contributed by atoms with Crippen LogP contribution < -0.4 is 0 Å². The second kappa shape index (κ2) is 7.48. The number of esters is 1. The molecule has 1 rings (SSSR count). The number of carbonyl (C=O) groups is 1. The zero-order chi connectivity index (χ0) is 16.2. The van der Waals surface area contributed by atoms with Crippen LogP contribution in [0, 0.1) is 17.0 Å². The molecule has 0 fully saturated rings. The van der Waals surface area contributed by atoms with Crippen molar-refractivity contribution in [3.05, 3.63) is 38.9 Å². The average Bonchev–Trinajstić information content (AvgIpc) is 2.45. The average molecular weight is 362 g/mol. The Labute approximate surface area is 129 Å². The Kier molecular flexibility index (Phi) is 6.25. The molecule has 0 spiro atoms. The van der Waals surface area contributed by atoms with Crippen LogP contribution in [0.5, 0.6) is 0 Å². The number of aliphatic hydroxyl groups excluding tert-OH is 2. The highest BCUT2D eigenvalue weighted by Crippen LogP contribution is 2.29. The molecule has 1 aromatic carbocycles. The topological polar surface area (TPSA) is 110 Å². The molecule has 0 heterocycles. The molecule has 2 atom stereocenters. The molecule has 0 saturated carbocycles. The van der Waals surface area contributed by atoms with E-state index in [1.165, 1.54) is 13.0 Å². The Morgan fingerprint density at radius 2 is 2.10 bits per heavy atom. The van der Waals surface area contributed by atoms with Gasteiger partial charge in [-0.25, -0.2) is 4.79 Å². The molecular weight excluding hydrogens is 346 g/mol. The van der Waals surface area contributed by atoms with Crippen molar-refractivity contribution in [3.63, 3.8) is 0 Å². The molecule has 0 aliphatic heterocycles. The first-order valence-electron chi connectivity index (χ1n) is 6.12. The van der Waals surface area contributed by atoms with Gasteiger partial charge in [-0.2, -0.15) is 0 Å². The van der Waals surface area contributed by atoms with Gasteiger partial charge in [0.1, 0.15) is 6.10 Å². The number of hydrogen-bond donors (Lipinski definition) is 2. The number of aliphatic hydroxyl groups is 2. The Balaban J connectivity index is 3.36. The van der Waals surface area contributed by atoms with Gasteiger partial charge in [-0.1, -0.05) is 15.9 Å². The van der Waals surface area contributed by atoms with E-state index in [1.807, 2.05) is 0 Å². The number of nitro benzene ring substituents is 1. The molecule has 0 aliphatic rings. The highest BCUT2D eigenvalue weighted by Gasteiger charge is 2.26. The van der Waals surface area contributed by atoms with Gasteiger partial charge in [-0.3, -0.25) is 10.1 Å². The minimum atomic E-state index is -1.33. The Morgan fingerprint density at radius 3 is 2.57 bits per heavy atom. The third kappa shape index (κ3) is 3.99. The first kappa shape index (κ1) is 17.5. The third-order valence-electron chi connectivity index (χ3n) is 3.12. The van der Waals surface area contributed by atoms with Crippen molar-refractivity contribution >= 4 is 27.6 Å². The summed E-state index contributed by atoms with van der Waals surface area (Å²) in [6.07, 6.45) is -2.17. The van der Waals surface area contributed by atoms with Crippen molar-refractivity contribution < 1.29 is 24.7 Å². The summed E-state index contributed by atoms with van der Waals surface area (Å²) in [6, 6.07) is 2.46. The molecule has 8 heteroatoms. The fourth-order valence-electron chi connectivity index (χ4n) is 1.89. The van der Waals surface area contributed by atoms with Crippen LogP contribution in [-0.4, -0.2) is 39.6 Å². The van der Waals surface area contributed by atoms with E-state index in [1.54, 1.807) is 0 Å². The summed E-state index contributed by atoms with van der Waals surface area (Å²) in [7, 11) is 1.16. The molecular formula is C13H16BrNO6. The van der Waals surface area contributed by atoms with Crippen molar-refractivity contribution in [1.29, 1.82) is 0 Å². The molecule has 0 aliphatic carbocycles. The maximum atomic E-state index is 11.7. The predicted molar refractivity (Wildman–Crippen MR) is 78.6 cm³/mol. The van der Waals surface area contributed by atoms with Crippen LogP contribution in [-0.2, 0) is 4.74 Å². The maximum absolute atomic E-state index is 11.7. The Bertz CT molecular complexity index is 548. The van der Waals surface area contributed by atoms with Gasteiger partial charge in [0.2, 0.25) is 0 Å². The molecule has 21 heavy (non-hydrogen) atoms. The summed E-state index contributed by atoms with van der Waals surface area (Å²) < 4.78 is 4.58. The van der Waals surface area contributed by atoms with E-state index < -0.39 is 23.1 Å². The van der Waals surface area contributed by atoms with Gasteiger partial charge in [-0.15, -0.1) is 0 Å². The van der Waals surface area contributed by atoms with Gasteiger partial charge in [-0.05, 0) is 25.0 Å². The molecule has 0 amide bonds. The lowest BCUT2D eigenvalue weighted by atomic mass is 9.96. The van der Waals surface area contributed by atoms with E-state index in [2.05, 4.69) is 20.7 Å². The monoisotopic (exact) mass is 361 g/mol. The number of carbonyl (C=O) groups excluding carboxylic acids is 1. The van der Waals surface area contributed by atoms with Crippen molar-refractivity contribution in [2.24, 2.45) is 0 Å². The lowest BCUT2D eigenvalue weighted by Gasteiger charge is -2.18. The number of halogens is 1. The van der Waals surface area contributed by atoms with Crippen LogP contribution in [0.25, 0.3) is 0 Å². The van der Waals surface area contributed by atoms with Gasteiger partial charge in [0.05, 0.1) is 23.7 Å². The van der Waals surface area contributed by atoms with Crippen LogP contribution in [0.1, 0.15) is 34.0 Å². The van der Waals surface area contributed by atoms with Gasteiger partial charge < -0.3 is 14.9 Å². The minimum absolute atomic E-state index is 0.00760. The molecule has 7 nitrogen and oxygen atoms in total. The lowest BCUT2D eigenvalue weighted by Crippen LogP contribution is -2.19. The number of benzene rings is 1. The van der Waals surface area contributed by atoms with Gasteiger partial charge in [0, 0.05) is 17.0 Å². The molecule has 2 unspecified atom stereocenters. The van der Waals surface area contributed by atoms with Crippen molar-refractivity contribution in [2.75, 3.05) is 12.4 Å². The SMILES string of the molecule is COC(=O)c1cc(C(O)C(O)CCBr)cc([N+](=O)[O-])c1C. The smallest absolute Gasteiger partial charge is 0.338 e. The summed E-state index contributed by atoms with van der Waals surface area (Å²) >= 11 is 3.14. The van der Waals surface area contributed by atoms with Crippen LogP contribution >= 0.6 is 15.9 Å². The van der Waals surface area contributed by atoms with Crippen LogP contribution in [0.4, 0.5) is 5.69 Å². The summed E-state index contributed by atoms with van der Waals surface area (Å²) in [5, 5.41) is 31.4. The number of rotatable bonds is 6. The number of hydrogen-bond acceptors (Lipinski definition) is 6. The number of alkyl halides is 1. The molecule has 0 aromatic heterocycles. The molecule has 0 saturated heterocycles. The van der Waals surface area contributed by atoms with Gasteiger partial charge >= 0.3 is 5.97 Å². The standard InChI is InChI=1S/C13H16BrNO6/c1-7-9(13(18)21-2)5-8(6-10(7)15(19)20)12(17)11(16)3-4-14/h5-6,11-12,16-17H,3-4H2,1-2H3. The summed E-state index contributed by atoms with van der Waals surface area (Å²) in [5.74, 6) is -0.736. The number of ether oxygens (including phenoxy) is 1. The fraction of sp³-hybridized carbons (Fsp3) is 0.462. The molecule has 0 radical (unpaired) electrons. The van der Waals surface area contributed by atoms with E-state index in [9.17, 15) is 25.1 Å². The number of nitro groups is 1. The van der Waals surface area contributed by atoms with E-state index in [4.69, 9.17) is 0 Å². The van der Waals surface area contributed by atoms with Crippen molar-refractivity contribution in [3.8, 4) is 0 Å². The highest BCUT2D eigenvalue weighted by molar-refractivity contribution is 9.09. The molecule has 116 valence electrons. The molecule has 1 aromatic rings. The van der Waals surface area contributed by atoms with Crippen LogP contribution in [0.2, 0.25) is 0 Å². The first-order valence-corrected chi connectivity index (χ1v) is 7.25. The zero-order valence-corrected chi connectivity index (χ0v) is 13.2. The Hall–Kier alpha value is -1.51. The van der Waals surface area contributed by atoms with E-state index in [-0.39, 0.29) is 28.8 Å². The molecule has 2 N–H and O–H groups in total. The zero-order valence-electron chi connectivity index (χ0n) is 11.6. The van der Waals surface area contributed by atoms with Gasteiger partial charge in [0.25, 0.3) is 5.69 Å². The fourth-order valence-corrected chi connectivity index (χ4v) is 2.36. The predicted octanol–water partition coefficient (Wildman–Crippen LogP) is 1.87. The number of methoxy groups -OCH3 is 1. The highest BCUT2D eigenvalue weighted by atomic mass is 79.9. The second-order valence-corrected chi connectivity index (χ2v) is 5.24. The quantitative estimate of drug-likeness (QED) is 0.346. The first-order chi connectivity index (χ1) is 9.83.